The van der Waals surface area contributed by atoms with Gasteiger partial charge in [-0.15, -0.1) is 0 Å². The van der Waals surface area contributed by atoms with Gasteiger partial charge >= 0.3 is 5.97 Å². The Morgan fingerprint density at radius 2 is 2.00 bits per heavy atom. The van der Waals surface area contributed by atoms with Crippen molar-refractivity contribution >= 4 is 29.2 Å². The van der Waals surface area contributed by atoms with Crippen molar-refractivity contribution in [1.82, 2.24) is 14.5 Å². The van der Waals surface area contributed by atoms with Crippen LogP contribution in [-0.4, -0.2) is 25.6 Å². The third-order valence-corrected chi connectivity index (χ3v) is 4.63. The van der Waals surface area contributed by atoms with Crippen molar-refractivity contribution in [2.24, 2.45) is 0 Å². The lowest BCUT2D eigenvalue weighted by molar-refractivity contribution is 0.0683. The Morgan fingerprint density at radius 1 is 1.27 bits per heavy atom. The lowest BCUT2D eigenvalue weighted by atomic mass is 10.1. The van der Waals surface area contributed by atoms with Gasteiger partial charge in [0.1, 0.15) is 11.6 Å². The lowest BCUT2D eigenvalue weighted by Gasteiger charge is -2.20. The number of carbonyl (C=O) groups is 1. The molecule has 3 aromatic rings. The fourth-order valence-corrected chi connectivity index (χ4v) is 3.35. The number of nitrogens with zero attached hydrogens (tertiary/aromatic N) is 3. The smallest absolute Gasteiger partial charge is 0.354 e. The molecule has 8 heteroatoms. The van der Waals surface area contributed by atoms with E-state index in [-0.39, 0.29) is 11.5 Å². The van der Waals surface area contributed by atoms with E-state index in [9.17, 15) is 14.3 Å². The number of carboxylic acid groups (broad SMARTS) is 1. The summed E-state index contributed by atoms with van der Waals surface area (Å²) in [5.74, 6) is -1.40. The Morgan fingerprint density at radius 3 is 2.65 bits per heavy atom. The highest BCUT2D eigenvalue weighted by molar-refractivity contribution is 6.33. The van der Waals surface area contributed by atoms with Gasteiger partial charge in [0, 0.05) is 21.8 Å². The van der Waals surface area contributed by atoms with Crippen molar-refractivity contribution in [3.05, 3.63) is 69.5 Å². The number of imidazole rings is 1. The summed E-state index contributed by atoms with van der Waals surface area (Å²) >= 11 is 12.4. The first-order valence-electron chi connectivity index (χ1n) is 7.67. The lowest BCUT2D eigenvalue weighted by Crippen LogP contribution is -2.16. The second kappa shape index (κ2) is 7.05. The van der Waals surface area contributed by atoms with Gasteiger partial charge < -0.3 is 9.67 Å². The molecule has 0 aliphatic carbocycles. The SMILES string of the molecule is Cc1nc(-c2cncc(F)c2)n(C(C)c2cc(Cl)ccc2Cl)c1C(=O)O. The zero-order chi connectivity index (χ0) is 19.0. The quantitative estimate of drug-likeness (QED) is 0.676. The molecule has 0 fully saturated rings. The van der Waals surface area contributed by atoms with Gasteiger partial charge in [-0.2, -0.15) is 0 Å². The van der Waals surface area contributed by atoms with Gasteiger partial charge in [0.2, 0.25) is 0 Å². The molecule has 0 spiro atoms. The number of pyridine rings is 1. The van der Waals surface area contributed by atoms with E-state index in [0.29, 0.717) is 26.9 Å². The summed E-state index contributed by atoms with van der Waals surface area (Å²) in [7, 11) is 0. The fraction of sp³-hybridized carbons (Fsp3) is 0.167. The van der Waals surface area contributed by atoms with Crippen LogP contribution in [0.1, 0.15) is 34.7 Å². The first kappa shape index (κ1) is 18.4. The Hall–Kier alpha value is -2.44. The fourth-order valence-electron chi connectivity index (χ4n) is 2.89. The van der Waals surface area contributed by atoms with Crippen LogP contribution in [0.15, 0.2) is 36.7 Å². The molecule has 0 saturated heterocycles. The zero-order valence-corrected chi connectivity index (χ0v) is 15.4. The molecule has 2 heterocycles. The number of aromatic carboxylic acids is 1. The minimum absolute atomic E-state index is 0.00666. The number of aromatic nitrogens is 3. The molecule has 1 atom stereocenters. The van der Waals surface area contributed by atoms with Crippen LogP contribution in [0.4, 0.5) is 4.39 Å². The first-order valence-corrected chi connectivity index (χ1v) is 8.43. The average molecular weight is 394 g/mol. The van der Waals surface area contributed by atoms with E-state index in [1.807, 2.05) is 0 Å². The third-order valence-electron chi connectivity index (χ3n) is 4.05. The molecule has 26 heavy (non-hydrogen) atoms. The maximum Gasteiger partial charge on any atom is 0.354 e. The Balaban J connectivity index is 2.27. The minimum atomic E-state index is -1.14. The van der Waals surface area contributed by atoms with Crippen LogP contribution in [0, 0.1) is 12.7 Å². The Kier molecular flexibility index (Phi) is 4.98. The number of halogens is 3. The van der Waals surface area contributed by atoms with E-state index in [1.165, 1.54) is 16.8 Å². The maximum absolute atomic E-state index is 13.6. The molecule has 0 radical (unpaired) electrons. The van der Waals surface area contributed by atoms with Gasteiger partial charge in [-0.25, -0.2) is 14.2 Å². The molecule has 3 rings (SSSR count). The molecule has 0 bridgehead atoms. The Labute approximate surface area is 159 Å². The number of aryl methyl sites for hydroxylation is 1. The summed E-state index contributed by atoms with van der Waals surface area (Å²) in [6.07, 6.45) is 2.50. The molecule has 1 N–H and O–H groups in total. The van der Waals surface area contributed by atoms with Crippen LogP contribution in [0.5, 0.6) is 0 Å². The molecule has 2 aromatic heterocycles. The van der Waals surface area contributed by atoms with Crippen LogP contribution in [0.25, 0.3) is 11.4 Å². The predicted octanol–water partition coefficient (Wildman–Crippen LogP) is 5.01. The van der Waals surface area contributed by atoms with E-state index >= 15 is 0 Å². The van der Waals surface area contributed by atoms with Gasteiger partial charge in [-0.3, -0.25) is 4.98 Å². The van der Waals surface area contributed by atoms with E-state index in [1.54, 1.807) is 32.0 Å². The van der Waals surface area contributed by atoms with Crippen LogP contribution in [-0.2, 0) is 0 Å². The molecule has 5 nitrogen and oxygen atoms in total. The number of hydrogen-bond donors (Lipinski definition) is 1. The highest BCUT2D eigenvalue weighted by Crippen LogP contribution is 2.34. The van der Waals surface area contributed by atoms with E-state index in [2.05, 4.69) is 9.97 Å². The summed E-state index contributed by atoms with van der Waals surface area (Å²) in [4.78, 5) is 20.0. The van der Waals surface area contributed by atoms with Crippen molar-refractivity contribution < 1.29 is 14.3 Å². The largest absolute Gasteiger partial charge is 0.477 e. The zero-order valence-electron chi connectivity index (χ0n) is 13.9. The number of hydrogen-bond acceptors (Lipinski definition) is 3. The third kappa shape index (κ3) is 3.30. The monoisotopic (exact) mass is 393 g/mol. The van der Waals surface area contributed by atoms with Gasteiger partial charge in [0.15, 0.2) is 5.69 Å². The molecular formula is C18H14Cl2FN3O2. The van der Waals surface area contributed by atoms with E-state index in [4.69, 9.17) is 23.2 Å². The highest BCUT2D eigenvalue weighted by atomic mass is 35.5. The number of carboxylic acids is 1. The normalized spacial score (nSPS) is 12.2. The number of rotatable bonds is 4. The van der Waals surface area contributed by atoms with Crippen molar-refractivity contribution in [3.63, 3.8) is 0 Å². The first-order chi connectivity index (χ1) is 12.3. The molecule has 1 unspecified atom stereocenters. The number of benzene rings is 1. The van der Waals surface area contributed by atoms with Gasteiger partial charge in [-0.05, 0) is 43.7 Å². The van der Waals surface area contributed by atoms with Crippen LogP contribution >= 0.6 is 23.2 Å². The van der Waals surface area contributed by atoms with Crippen molar-refractivity contribution in [2.45, 2.75) is 19.9 Å². The summed E-state index contributed by atoms with van der Waals surface area (Å²) in [6.45, 7) is 3.36. The second-order valence-electron chi connectivity index (χ2n) is 5.78. The topological polar surface area (TPSA) is 68.0 Å². The van der Waals surface area contributed by atoms with Gasteiger partial charge in [0.25, 0.3) is 0 Å². The minimum Gasteiger partial charge on any atom is -0.477 e. The van der Waals surface area contributed by atoms with Gasteiger partial charge in [-0.1, -0.05) is 23.2 Å². The Bertz CT molecular complexity index is 1000. The van der Waals surface area contributed by atoms with Crippen molar-refractivity contribution in [1.29, 1.82) is 0 Å². The van der Waals surface area contributed by atoms with Crippen LogP contribution < -0.4 is 0 Å². The summed E-state index contributed by atoms with van der Waals surface area (Å²) in [6, 6.07) is 5.71. The summed E-state index contributed by atoms with van der Waals surface area (Å²) in [5, 5.41) is 10.6. The van der Waals surface area contributed by atoms with Crippen LogP contribution in [0.3, 0.4) is 0 Å². The maximum atomic E-state index is 13.6. The molecule has 0 saturated carbocycles. The van der Waals surface area contributed by atoms with Crippen molar-refractivity contribution in [3.8, 4) is 11.4 Å². The van der Waals surface area contributed by atoms with E-state index < -0.39 is 17.8 Å². The molecule has 134 valence electrons. The van der Waals surface area contributed by atoms with E-state index in [0.717, 1.165) is 6.20 Å². The van der Waals surface area contributed by atoms with Crippen LogP contribution in [0.2, 0.25) is 10.0 Å². The molecule has 0 amide bonds. The summed E-state index contributed by atoms with van der Waals surface area (Å²) in [5.41, 5.74) is 1.30. The predicted molar refractivity (Wildman–Crippen MR) is 97.4 cm³/mol. The highest BCUT2D eigenvalue weighted by Gasteiger charge is 2.26. The average Bonchev–Trinajstić information content (AvgIpc) is 2.94. The molecule has 1 aromatic carbocycles. The second-order valence-corrected chi connectivity index (χ2v) is 6.62. The molecule has 0 aliphatic heterocycles. The van der Waals surface area contributed by atoms with Gasteiger partial charge in [0.05, 0.1) is 17.9 Å². The molecule has 0 aliphatic rings. The standard InChI is InChI=1S/C18H14Cl2FN3O2/c1-9-16(18(25)26)24(10(2)14-6-12(19)3-4-15(14)20)17(23-9)11-5-13(21)8-22-7-11/h3-8,10H,1-2H3,(H,25,26). The summed E-state index contributed by atoms with van der Waals surface area (Å²) < 4.78 is 15.1. The molecular weight excluding hydrogens is 380 g/mol. The van der Waals surface area contributed by atoms with Crippen molar-refractivity contribution in [2.75, 3.05) is 0 Å².